The van der Waals surface area contributed by atoms with Gasteiger partial charge in [0.05, 0.1) is 17.0 Å². The molecule has 0 bridgehead atoms. The average molecular weight is 288 g/mol. The molecule has 6 heteroatoms. The highest BCUT2D eigenvalue weighted by molar-refractivity contribution is 5.81. The largest absolute Gasteiger partial charge is 0.399 e. The summed E-state index contributed by atoms with van der Waals surface area (Å²) in [7, 11) is 0. The lowest BCUT2D eigenvalue weighted by Gasteiger charge is -2.24. The first-order valence-corrected chi connectivity index (χ1v) is 7.33. The smallest absolute Gasteiger partial charge is 0.260 e. The van der Waals surface area contributed by atoms with E-state index >= 15 is 0 Å². The van der Waals surface area contributed by atoms with Crippen LogP contribution in [0.15, 0.2) is 23.0 Å². The van der Waals surface area contributed by atoms with Crippen molar-refractivity contribution in [2.45, 2.75) is 25.9 Å². The summed E-state index contributed by atoms with van der Waals surface area (Å²) < 4.78 is 5.66. The number of aromatic nitrogens is 2. The fourth-order valence-electron chi connectivity index (χ4n) is 2.69. The minimum absolute atomic E-state index is 0.159. The molecule has 0 spiro atoms. The van der Waals surface area contributed by atoms with Crippen LogP contribution in [-0.4, -0.2) is 35.8 Å². The maximum atomic E-state index is 12.2. The third-order valence-electron chi connectivity index (χ3n) is 3.85. The van der Waals surface area contributed by atoms with E-state index in [1.807, 2.05) is 11.8 Å². The summed E-state index contributed by atoms with van der Waals surface area (Å²) in [5.41, 5.74) is 6.78. The molecular weight excluding hydrogens is 268 g/mol. The van der Waals surface area contributed by atoms with Gasteiger partial charge in [0.2, 0.25) is 5.95 Å². The van der Waals surface area contributed by atoms with Gasteiger partial charge < -0.3 is 15.4 Å². The molecular formula is C15H20N4O2. The van der Waals surface area contributed by atoms with Gasteiger partial charge in [-0.15, -0.1) is 0 Å². The highest BCUT2D eigenvalue weighted by atomic mass is 16.5. The number of nitrogens with two attached hydrogens (primary N) is 1. The first-order valence-electron chi connectivity index (χ1n) is 7.33. The van der Waals surface area contributed by atoms with Crippen molar-refractivity contribution in [1.29, 1.82) is 0 Å². The number of nitrogens with one attached hydrogen (secondary N) is 1. The molecule has 21 heavy (non-hydrogen) atoms. The van der Waals surface area contributed by atoms with Gasteiger partial charge >= 0.3 is 0 Å². The van der Waals surface area contributed by atoms with Crippen molar-refractivity contribution in [3.05, 3.63) is 28.6 Å². The maximum Gasteiger partial charge on any atom is 0.260 e. The quantitative estimate of drug-likeness (QED) is 0.833. The van der Waals surface area contributed by atoms with Crippen molar-refractivity contribution in [3.63, 3.8) is 0 Å². The zero-order chi connectivity index (χ0) is 14.8. The number of nitrogen functional groups attached to an aromatic ring is 1. The molecule has 1 fully saturated rings. The summed E-state index contributed by atoms with van der Waals surface area (Å²) in [5, 5.41) is 0.520. The Morgan fingerprint density at radius 3 is 3.10 bits per heavy atom. The van der Waals surface area contributed by atoms with E-state index in [2.05, 4.69) is 9.97 Å². The predicted molar refractivity (Wildman–Crippen MR) is 83.6 cm³/mol. The van der Waals surface area contributed by atoms with E-state index in [-0.39, 0.29) is 11.7 Å². The molecule has 1 aliphatic heterocycles. The second-order valence-corrected chi connectivity index (χ2v) is 5.34. The van der Waals surface area contributed by atoms with Crippen LogP contribution in [0.3, 0.4) is 0 Å². The number of rotatable bonds is 4. The van der Waals surface area contributed by atoms with Crippen molar-refractivity contribution >= 4 is 22.5 Å². The number of benzene rings is 1. The van der Waals surface area contributed by atoms with Crippen LogP contribution in [0.1, 0.15) is 19.8 Å². The lowest BCUT2D eigenvalue weighted by Crippen LogP contribution is -2.34. The van der Waals surface area contributed by atoms with Crippen LogP contribution in [0.5, 0.6) is 0 Å². The van der Waals surface area contributed by atoms with Gasteiger partial charge in [0.15, 0.2) is 0 Å². The van der Waals surface area contributed by atoms with E-state index in [0.29, 0.717) is 22.5 Å². The minimum atomic E-state index is -0.159. The SMILES string of the molecule is CCN(CC1CCCO1)c1nc2ccc(N)cc2c(=O)[nH]1. The number of ether oxygens (including phenoxy) is 1. The molecule has 2 heterocycles. The zero-order valence-electron chi connectivity index (χ0n) is 12.1. The lowest BCUT2D eigenvalue weighted by molar-refractivity contribution is 0.115. The lowest BCUT2D eigenvalue weighted by atomic mass is 10.2. The summed E-state index contributed by atoms with van der Waals surface area (Å²) >= 11 is 0. The fraction of sp³-hybridized carbons (Fsp3) is 0.467. The van der Waals surface area contributed by atoms with Gasteiger partial charge in [0.25, 0.3) is 5.56 Å². The molecule has 112 valence electrons. The van der Waals surface area contributed by atoms with Gasteiger partial charge in [0, 0.05) is 25.4 Å². The molecule has 1 aromatic carbocycles. The van der Waals surface area contributed by atoms with E-state index in [4.69, 9.17) is 10.5 Å². The molecule has 0 aliphatic carbocycles. The summed E-state index contributed by atoms with van der Waals surface area (Å²) in [6.07, 6.45) is 2.38. The third-order valence-corrected chi connectivity index (χ3v) is 3.85. The fourth-order valence-corrected chi connectivity index (χ4v) is 2.69. The predicted octanol–water partition coefficient (Wildman–Crippen LogP) is 1.51. The van der Waals surface area contributed by atoms with E-state index in [9.17, 15) is 4.79 Å². The molecule has 0 saturated carbocycles. The van der Waals surface area contributed by atoms with Crippen molar-refractivity contribution in [2.24, 2.45) is 0 Å². The first kappa shape index (κ1) is 13.9. The van der Waals surface area contributed by atoms with Crippen LogP contribution in [0, 0.1) is 0 Å². The number of hydrogen-bond donors (Lipinski definition) is 2. The third kappa shape index (κ3) is 2.85. The normalized spacial score (nSPS) is 18.2. The Bertz CT molecular complexity index is 692. The minimum Gasteiger partial charge on any atom is -0.399 e. The Morgan fingerprint density at radius 2 is 2.38 bits per heavy atom. The number of likely N-dealkylation sites (N-methyl/N-ethyl adjacent to an activating group) is 1. The first-order chi connectivity index (χ1) is 10.2. The van der Waals surface area contributed by atoms with Crippen molar-refractivity contribution in [3.8, 4) is 0 Å². The second kappa shape index (κ2) is 5.73. The van der Waals surface area contributed by atoms with Crippen molar-refractivity contribution in [1.82, 2.24) is 9.97 Å². The zero-order valence-corrected chi connectivity index (χ0v) is 12.1. The average Bonchev–Trinajstić information content (AvgIpc) is 2.98. The number of anilines is 2. The summed E-state index contributed by atoms with van der Waals surface area (Å²) in [5.74, 6) is 0.593. The molecule has 6 nitrogen and oxygen atoms in total. The molecule has 0 amide bonds. The van der Waals surface area contributed by atoms with Crippen LogP contribution in [0.2, 0.25) is 0 Å². The molecule has 1 aromatic heterocycles. The molecule has 0 radical (unpaired) electrons. The Morgan fingerprint density at radius 1 is 1.52 bits per heavy atom. The molecule has 1 saturated heterocycles. The van der Waals surface area contributed by atoms with Gasteiger partial charge in [-0.2, -0.15) is 0 Å². The summed E-state index contributed by atoms with van der Waals surface area (Å²) in [4.78, 5) is 21.6. The highest BCUT2D eigenvalue weighted by Crippen LogP contribution is 2.18. The monoisotopic (exact) mass is 288 g/mol. The van der Waals surface area contributed by atoms with Crippen LogP contribution in [0.25, 0.3) is 10.9 Å². The standard InChI is InChI=1S/C15H20N4O2/c1-2-19(9-11-4-3-7-21-11)15-17-13-6-5-10(16)8-12(13)14(20)18-15/h5-6,8,11H,2-4,7,9,16H2,1H3,(H,17,18,20). The number of nitrogens with zero attached hydrogens (tertiary/aromatic N) is 2. The van der Waals surface area contributed by atoms with Gasteiger partial charge in [-0.1, -0.05) is 0 Å². The Hall–Kier alpha value is -2.08. The Kier molecular flexibility index (Phi) is 3.79. The number of aromatic amines is 1. The van der Waals surface area contributed by atoms with E-state index < -0.39 is 0 Å². The molecule has 1 aliphatic rings. The van der Waals surface area contributed by atoms with Gasteiger partial charge in [-0.3, -0.25) is 9.78 Å². The van der Waals surface area contributed by atoms with Gasteiger partial charge in [0.1, 0.15) is 0 Å². The van der Waals surface area contributed by atoms with Gasteiger partial charge in [-0.25, -0.2) is 4.98 Å². The Balaban J connectivity index is 1.94. The maximum absolute atomic E-state index is 12.2. The summed E-state index contributed by atoms with van der Waals surface area (Å²) in [6, 6.07) is 5.19. The summed E-state index contributed by atoms with van der Waals surface area (Å²) in [6.45, 7) is 4.38. The van der Waals surface area contributed by atoms with E-state index in [1.54, 1.807) is 18.2 Å². The van der Waals surface area contributed by atoms with Crippen LogP contribution >= 0.6 is 0 Å². The number of fused-ring (bicyclic) bond motifs is 1. The molecule has 3 N–H and O–H groups in total. The second-order valence-electron chi connectivity index (χ2n) is 5.34. The van der Waals surface area contributed by atoms with Crippen LogP contribution in [-0.2, 0) is 4.74 Å². The highest BCUT2D eigenvalue weighted by Gasteiger charge is 2.20. The van der Waals surface area contributed by atoms with E-state index in [0.717, 1.165) is 32.5 Å². The van der Waals surface area contributed by atoms with Crippen LogP contribution < -0.4 is 16.2 Å². The molecule has 3 rings (SSSR count). The Labute approximate surface area is 122 Å². The molecule has 2 aromatic rings. The number of H-pyrrole nitrogens is 1. The van der Waals surface area contributed by atoms with Crippen molar-refractivity contribution in [2.75, 3.05) is 30.3 Å². The van der Waals surface area contributed by atoms with Crippen LogP contribution in [0.4, 0.5) is 11.6 Å². The molecule has 1 atom stereocenters. The topological polar surface area (TPSA) is 84.2 Å². The van der Waals surface area contributed by atoms with E-state index in [1.165, 1.54) is 0 Å². The number of hydrogen-bond acceptors (Lipinski definition) is 5. The van der Waals surface area contributed by atoms with Gasteiger partial charge in [-0.05, 0) is 38.0 Å². The molecule has 1 unspecified atom stereocenters. The van der Waals surface area contributed by atoms with Crippen molar-refractivity contribution < 1.29 is 4.74 Å².